The summed E-state index contributed by atoms with van der Waals surface area (Å²) < 4.78 is 4.69. The fourth-order valence-corrected chi connectivity index (χ4v) is 1.23. The number of benzene rings is 1. The van der Waals surface area contributed by atoms with Crippen LogP contribution in [-0.2, 0) is 4.79 Å². The number of hydrogen-bond acceptors (Lipinski definition) is 3. The lowest BCUT2D eigenvalue weighted by Crippen LogP contribution is -1.89. The van der Waals surface area contributed by atoms with Gasteiger partial charge in [-0.15, -0.1) is 0 Å². The van der Waals surface area contributed by atoms with E-state index in [1.165, 1.54) is 6.47 Å². The zero-order chi connectivity index (χ0) is 9.10. The standard InChI is InChI=1S/C10H6NO2/c12-7-13-10-3-1-2-8-6-11-5-4-9(8)10/h1-6H. The van der Waals surface area contributed by atoms with Crippen molar-refractivity contribution in [2.75, 3.05) is 0 Å². The van der Waals surface area contributed by atoms with E-state index in [9.17, 15) is 4.79 Å². The summed E-state index contributed by atoms with van der Waals surface area (Å²) >= 11 is 0. The summed E-state index contributed by atoms with van der Waals surface area (Å²) in [6.45, 7) is 1.41. The van der Waals surface area contributed by atoms with E-state index in [1.807, 2.05) is 6.07 Å². The number of hydrogen-bond donors (Lipinski definition) is 0. The molecule has 3 nitrogen and oxygen atoms in total. The van der Waals surface area contributed by atoms with E-state index >= 15 is 0 Å². The summed E-state index contributed by atoms with van der Waals surface area (Å²) in [6, 6.07) is 7.21. The minimum Gasteiger partial charge on any atom is -0.417 e. The van der Waals surface area contributed by atoms with Crippen molar-refractivity contribution in [1.82, 2.24) is 4.98 Å². The Bertz CT molecular complexity index is 434. The number of nitrogens with zero attached hydrogens (tertiary/aromatic N) is 1. The Kier molecular flexibility index (Phi) is 1.92. The summed E-state index contributed by atoms with van der Waals surface area (Å²) in [7, 11) is 0. The molecule has 1 aromatic carbocycles. The molecule has 0 saturated heterocycles. The molecule has 1 heterocycles. The van der Waals surface area contributed by atoms with Gasteiger partial charge in [0.1, 0.15) is 5.75 Å². The lowest BCUT2D eigenvalue weighted by Gasteiger charge is -2.01. The molecule has 0 spiro atoms. The third-order valence-electron chi connectivity index (χ3n) is 1.79. The number of carbonyl (C=O) groups excluding carboxylic acids is 1. The Morgan fingerprint density at radius 2 is 2.23 bits per heavy atom. The second kappa shape index (κ2) is 3.23. The molecule has 1 radical (unpaired) electrons. The monoisotopic (exact) mass is 172 g/mol. The number of pyridine rings is 1. The molecule has 0 bridgehead atoms. The average molecular weight is 172 g/mol. The number of rotatable bonds is 2. The van der Waals surface area contributed by atoms with Gasteiger partial charge in [0.05, 0.1) is 0 Å². The molecular formula is C10H6NO2. The predicted octanol–water partition coefficient (Wildman–Crippen LogP) is 1.68. The molecular weight excluding hydrogens is 166 g/mol. The van der Waals surface area contributed by atoms with E-state index < -0.39 is 0 Å². The number of ether oxygens (including phenoxy) is 1. The van der Waals surface area contributed by atoms with E-state index in [2.05, 4.69) is 9.72 Å². The topological polar surface area (TPSA) is 39.2 Å². The Hall–Kier alpha value is -1.90. The van der Waals surface area contributed by atoms with Gasteiger partial charge in [-0.2, -0.15) is 0 Å². The molecule has 0 saturated carbocycles. The minimum absolute atomic E-state index is 0.509. The zero-order valence-electron chi connectivity index (χ0n) is 6.73. The van der Waals surface area contributed by atoms with Crippen molar-refractivity contribution in [1.29, 1.82) is 0 Å². The summed E-state index contributed by atoms with van der Waals surface area (Å²) in [5.41, 5.74) is 0. The van der Waals surface area contributed by atoms with Gasteiger partial charge >= 0.3 is 6.47 Å². The molecule has 0 unspecified atom stereocenters. The number of aromatic nitrogens is 1. The van der Waals surface area contributed by atoms with Gasteiger partial charge in [-0.3, -0.25) is 4.98 Å². The fraction of sp³-hybridized carbons (Fsp3) is 0. The van der Waals surface area contributed by atoms with Crippen LogP contribution in [0, 0.1) is 0 Å². The fourth-order valence-electron chi connectivity index (χ4n) is 1.23. The Morgan fingerprint density at radius 1 is 1.31 bits per heavy atom. The van der Waals surface area contributed by atoms with E-state index in [-0.39, 0.29) is 0 Å². The highest BCUT2D eigenvalue weighted by Crippen LogP contribution is 2.23. The van der Waals surface area contributed by atoms with Crippen LogP contribution in [-0.4, -0.2) is 11.5 Å². The molecule has 0 fully saturated rings. The van der Waals surface area contributed by atoms with Gasteiger partial charge in [0.25, 0.3) is 0 Å². The van der Waals surface area contributed by atoms with Crippen molar-refractivity contribution < 1.29 is 9.53 Å². The van der Waals surface area contributed by atoms with Crippen molar-refractivity contribution in [3.05, 3.63) is 36.7 Å². The molecule has 0 aliphatic carbocycles. The normalized spacial score (nSPS) is 9.85. The molecule has 0 atom stereocenters. The number of fused-ring (bicyclic) bond motifs is 1. The second-order valence-electron chi connectivity index (χ2n) is 2.54. The summed E-state index contributed by atoms with van der Waals surface area (Å²) in [5, 5.41) is 1.80. The molecule has 0 N–H and O–H groups in total. The zero-order valence-corrected chi connectivity index (χ0v) is 6.73. The van der Waals surface area contributed by atoms with E-state index in [0.717, 1.165) is 10.8 Å². The van der Waals surface area contributed by atoms with Crippen LogP contribution in [0.15, 0.2) is 36.7 Å². The van der Waals surface area contributed by atoms with Gasteiger partial charge < -0.3 is 4.74 Å². The lowest BCUT2D eigenvalue weighted by molar-refractivity contribution is 0.445. The van der Waals surface area contributed by atoms with Gasteiger partial charge in [0, 0.05) is 23.2 Å². The quantitative estimate of drug-likeness (QED) is 0.691. The van der Waals surface area contributed by atoms with Crippen LogP contribution in [0.2, 0.25) is 0 Å². The third kappa shape index (κ3) is 1.36. The van der Waals surface area contributed by atoms with Crippen LogP contribution in [0.3, 0.4) is 0 Å². The van der Waals surface area contributed by atoms with Crippen molar-refractivity contribution in [3.63, 3.8) is 0 Å². The molecule has 2 aromatic rings. The second-order valence-corrected chi connectivity index (χ2v) is 2.54. The summed E-state index contributed by atoms with van der Waals surface area (Å²) in [4.78, 5) is 14.0. The van der Waals surface area contributed by atoms with Gasteiger partial charge in [-0.05, 0) is 12.1 Å². The average Bonchev–Trinajstić information content (AvgIpc) is 2.19. The molecule has 0 aliphatic rings. The predicted molar refractivity (Wildman–Crippen MR) is 48.1 cm³/mol. The van der Waals surface area contributed by atoms with Crippen LogP contribution in [0.1, 0.15) is 0 Å². The van der Waals surface area contributed by atoms with E-state index in [1.54, 1.807) is 30.6 Å². The summed E-state index contributed by atoms with van der Waals surface area (Å²) in [6.07, 6.45) is 3.37. The van der Waals surface area contributed by atoms with Gasteiger partial charge in [-0.25, -0.2) is 4.79 Å². The SMILES string of the molecule is O=[C]Oc1cccc2cnccc12. The maximum atomic E-state index is 10.1. The Balaban J connectivity index is 2.68. The highest BCUT2D eigenvalue weighted by atomic mass is 16.5. The molecule has 0 aliphatic heterocycles. The van der Waals surface area contributed by atoms with Crippen molar-refractivity contribution in [2.45, 2.75) is 0 Å². The van der Waals surface area contributed by atoms with Crippen LogP contribution in [0.25, 0.3) is 10.8 Å². The van der Waals surface area contributed by atoms with E-state index in [4.69, 9.17) is 0 Å². The molecule has 2 rings (SSSR count). The van der Waals surface area contributed by atoms with Crippen LogP contribution in [0.5, 0.6) is 5.75 Å². The maximum Gasteiger partial charge on any atom is 0.423 e. The summed E-state index contributed by atoms with van der Waals surface area (Å²) in [5.74, 6) is 0.509. The first-order valence-electron chi connectivity index (χ1n) is 3.78. The van der Waals surface area contributed by atoms with Crippen molar-refractivity contribution >= 4 is 17.2 Å². The van der Waals surface area contributed by atoms with Crippen molar-refractivity contribution in [3.8, 4) is 5.75 Å². The largest absolute Gasteiger partial charge is 0.423 e. The molecule has 0 amide bonds. The Labute approximate surface area is 75.0 Å². The lowest BCUT2D eigenvalue weighted by atomic mass is 10.2. The van der Waals surface area contributed by atoms with E-state index in [0.29, 0.717) is 5.75 Å². The van der Waals surface area contributed by atoms with Crippen molar-refractivity contribution in [2.24, 2.45) is 0 Å². The highest BCUT2D eigenvalue weighted by molar-refractivity contribution is 5.88. The first kappa shape index (κ1) is 7.73. The molecule has 1 aromatic heterocycles. The first-order valence-corrected chi connectivity index (χ1v) is 3.78. The van der Waals surface area contributed by atoms with Crippen LogP contribution >= 0.6 is 0 Å². The van der Waals surface area contributed by atoms with Crippen LogP contribution < -0.4 is 4.74 Å². The van der Waals surface area contributed by atoms with Gasteiger partial charge in [0.15, 0.2) is 0 Å². The molecule has 13 heavy (non-hydrogen) atoms. The smallest absolute Gasteiger partial charge is 0.417 e. The molecule has 3 heteroatoms. The van der Waals surface area contributed by atoms with Crippen LogP contribution in [0.4, 0.5) is 0 Å². The third-order valence-corrected chi connectivity index (χ3v) is 1.79. The van der Waals surface area contributed by atoms with Gasteiger partial charge in [0.2, 0.25) is 0 Å². The minimum atomic E-state index is 0.509. The van der Waals surface area contributed by atoms with Gasteiger partial charge in [-0.1, -0.05) is 12.1 Å². The highest BCUT2D eigenvalue weighted by Gasteiger charge is 2.00. The molecule has 63 valence electrons. The first-order chi connectivity index (χ1) is 6.42. The maximum absolute atomic E-state index is 10.1. The Morgan fingerprint density at radius 3 is 3.08 bits per heavy atom.